The largest absolute Gasteiger partial charge is 0.365 e. The average molecular weight is 181 g/mol. The molecule has 0 atom stereocenters. The van der Waals surface area contributed by atoms with Crippen molar-refractivity contribution in [3.8, 4) is 0 Å². The Labute approximate surface area is 77.9 Å². The van der Waals surface area contributed by atoms with Gasteiger partial charge in [-0.1, -0.05) is 5.16 Å². The van der Waals surface area contributed by atoms with Crippen molar-refractivity contribution in [3.05, 3.63) is 11.5 Å². The van der Waals surface area contributed by atoms with Gasteiger partial charge in [-0.25, -0.2) is 0 Å². The molecule has 0 radical (unpaired) electrons. The predicted octanol–water partition coefficient (Wildman–Crippen LogP) is 0.701. The molecule has 2 heterocycles. The van der Waals surface area contributed by atoms with Crippen molar-refractivity contribution < 1.29 is 4.52 Å². The summed E-state index contributed by atoms with van der Waals surface area (Å²) in [6.45, 7) is 8.14. The van der Waals surface area contributed by atoms with E-state index < -0.39 is 0 Å². The first-order chi connectivity index (χ1) is 6.29. The number of hydrogen-bond donors (Lipinski definition) is 1. The molecule has 4 heteroatoms. The summed E-state index contributed by atoms with van der Waals surface area (Å²) < 4.78 is 5.14. The summed E-state index contributed by atoms with van der Waals surface area (Å²) in [4.78, 5) is 2.33. The van der Waals surface area contributed by atoms with E-state index in [0.29, 0.717) is 0 Å². The highest BCUT2D eigenvalue weighted by Gasteiger charge is 2.18. The van der Waals surface area contributed by atoms with Crippen molar-refractivity contribution in [2.45, 2.75) is 13.8 Å². The summed E-state index contributed by atoms with van der Waals surface area (Å²) in [6.07, 6.45) is 0. The number of hydrogen-bond acceptors (Lipinski definition) is 4. The van der Waals surface area contributed by atoms with Crippen LogP contribution >= 0.6 is 0 Å². The zero-order chi connectivity index (χ0) is 9.26. The average Bonchev–Trinajstić information content (AvgIpc) is 2.48. The van der Waals surface area contributed by atoms with Crippen LogP contribution in [0.15, 0.2) is 4.52 Å². The Balaban J connectivity index is 2.22. The minimum Gasteiger partial charge on any atom is -0.365 e. The molecule has 0 bridgehead atoms. The van der Waals surface area contributed by atoms with Crippen LogP contribution in [0, 0.1) is 13.8 Å². The number of rotatable bonds is 1. The smallest absolute Gasteiger partial charge is 0.157 e. The molecule has 1 fully saturated rings. The van der Waals surface area contributed by atoms with Gasteiger partial charge >= 0.3 is 0 Å². The Morgan fingerprint density at radius 2 is 2.00 bits per heavy atom. The van der Waals surface area contributed by atoms with Gasteiger partial charge in [0.05, 0.1) is 0 Å². The van der Waals surface area contributed by atoms with E-state index >= 15 is 0 Å². The van der Waals surface area contributed by atoms with E-state index in [2.05, 4.69) is 15.4 Å². The van der Waals surface area contributed by atoms with Crippen LogP contribution in [0.5, 0.6) is 0 Å². The molecule has 72 valence electrons. The molecule has 0 amide bonds. The summed E-state index contributed by atoms with van der Waals surface area (Å²) >= 11 is 0. The first-order valence-electron chi connectivity index (χ1n) is 4.67. The second kappa shape index (κ2) is 3.38. The van der Waals surface area contributed by atoms with Gasteiger partial charge < -0.3 is 14.7 Å². The summed E-state index contributed by atoms with van der Waals surface area (Å²) in [5.74, 6) is 0.930. The van der Waals surface area contributed by atoms with Gasteiger partial charge in [0.15, 0.2) is 5.76 Å². The zero-order valence-electron chi connectivity index (χ0n) is 8.13. The van der Waals surface area contributed by atoms with E-state index in [9.17, 15) is 0 Å². The molecule has 1 N–H and O–H groups in total. The van der Waals surface area contributed by atoms with Gasteiger partial charge in [-0.3, -0.25) is 0 Å². The minimum atomic E-state index is 0.930. The normalized spacial score (nSPS) is 17.8. The van der Waals surface area contributed by atoms with Gasteiger partial charge in [0.2, 0.25) is 0 Å². The highest BCUT2D eigenvalue weighted by Crippen LogP contribution is 2.23. The van der Waals surface area contributed by atoms with Crippen LogP contribution in [0.4, 0.5) is 5.69 Å². The van der Waals surface area contributed by atoms with Gasteiger partial charge in [0.25, 0.3) is 0 Å². The molecule has 0 saturated carbocycles. The molecule has 0 unspecified atom stereocenters. The standard InChI is InChI=1S/C9H15N3O/c1-7-9(8(2)13-11-7)12-5-3-10-4-6-12/h10H,3-6H2,1-2H3. The van der Waals surface area contributed by atoms with Gasteiger partial charge in [-0.2, -0.15) is 0 Å². The van der Waals surface area contributed by atoms with Crippen LogP contribution < -0.4 is 10.2 Å². The number of aryl methyl sites for hydroxylation is 2. The van der Waals surface area contributed by atoms with E-state index in [-0.39, 0.29) is 0 Å². The molecular weight excluding hydrogens is 166 g/mol. The topological polar surface area (TPSA) is 41.3 Å². The zero-order valence-corrected chi connectivity index (χ0v) is 8.13. The van der Waals surface area contributed by atoms with Crippen molar-refractivity contribution in [3.63, 3.8) is 0 Å². The van der Waals surface area contributed by atoms with Crippen LogP contribution in [-0.2, 0) is 0 Å². The third kappa shape index (κ3) is 1.54. The van der Waals surface area contributed by atoms with Crippen LogP contribution in [0.1, 0.15) is 11.5 Å². The second-order valence-corrected chi connectivity index (χ2v) is 3.41. The second-order valence-electron chi connectivity index (χ2n) is 3.41. The molecule has 0 aliphatic carbocycles. The third-order valence-corrected chi connectivity index (χ3v) is 2.43. The molecule has 1 aromatic rings. The van der Waals surface area contributed by atoms with E-state index in [1.165, 1.54) is 5.69 Å². The fourth-order valence-electron chi connectivity index (χ4n) is 1.82. The first-order valence-corrected chi connectivity index (χ1v) is 4.67. The predicted molar refractivity (Wildman–Crippen MR) is 51.1 cm³/mol. The lowest BCUT2D eigenvalue weighted by atomic mass is 10.2. The SMILES string of the molecule is Cc1noc(C)c1N1CCNCC1. The Morgan fingerprint density at radius 1 is 1.31 bits per heavy atom. The van der Waals surface area contributed by atoms with Crippen LogP contribution in [0.3, 0.4) is 0 Å². The van der Waals surface area contributed by atoms with Crippen LogP contribution in [-0.4, -0.2) is 31.3 Å². The molecule has 0 spiro atoms. The lowest BCUT2D eigenvalue weighted by Gasteiger charge is -2.28. The van der Waals surface area contributed by atoms with E-state index in [0.717, 1.165) is 37.6 Å². The van der Waals surface area contributed by atoms with Gasteiger partial charge in [-0.15, -0.1) is 0 Å². The molecule has 13 heavy (non-hydrogen) atoms. The lowest BCUT2D eigenvalue weighted by molar-refractivity contribution is 0.393. The summed E-state index contributed by atoms with van der Waals surface area (Å²) in [7, 11) is 0. The molecule has 1 aliphatic heterocycles. The van der Waals surface area contributed by atoms with Crippen molar-refractivity contribution in [2.75, 3.05) is 31.1 Å². The molecule has 1 saturated heterocycles. The summed E-state index contributed by atoms with van der Waals surface area (Å²) in [5, 5.41) is 7.28. The quantitative estimate of drug-likeness (QED) is 0.692. The Morgan fingerprint density at radius 3 is 2.54 bits per heavy atom. The van der Waals surface area contributed by atoms with E-state index in [1.807, 2.05) is 13.8 Å². The van der Waals surface area contributed by atoms with E-state index in [4.69, 9.17) is 4.52 Å². The van der Waals surface area contributed by atoms with E-state index in [1.54, 1.807) is 0 Å². The fraction of sp³-hybridized carbons (Fsp3) is 0.667. The van der Waals surface area contributed by atoms with Gasteiger partial charge in [0, 0.05) is 26.2 Å². The number of nitrogens with zero attached hydrogens (tertiary/aromatic N) is 2. The number of aromatic nitrogens is 1. The summed E-state index contributed by atoms with van der Waals surface area (Å²) in [5.41, 5.74) is 2.18. The number of anilines is 1. The highest BCUT2D eigenvalue weighted by molar-refractivity contribution is 5.53. The Kier molecular flexibility index (Phi) is 2.22. The maximum Gasteiger partial charge on any atom is 0.157 e. The molecule has 1 aliphatic rings. The fourth-order valence-corrected chi connectivity index (χ4v) is 1.82. The minimum absolute atomic E-state index is 0.930. The van der Waals surface area contributed by atoms with Crippen molar-refractivity contribution in [1.29, 1.82) is 0 Å². The molecular formula is C9H15N3O. The molecule has 0 aromatic carbocycles. The molecule has 1 aromatic heterocycles. The number of piperazine rings is 1. The molecule has 4 nitrogen and oxygen atoms in total. The first kappa shape index (κ1) is 8.56. The summed E-state index contributed by atoms with van der Waals surface area (Å²) in [6, 6.07) is 0. The Hall–Kier alpha value is -1.03. The van der Waals surface area contributed by atoms with Crippen LogP contribution in [0.2, 0.25) is 0 Å². The van der Waals surface area contributed by atoms with Gasteiger partial charge in [-0.05, 0) is 13.8 Å². The van der Waals surface area contributed by atoms with Crippen molar-refractivity contribution in [1.82, 2.24) is 10.5 Å². The van der Waals surface area contributed by atoms with Crippen LogP contribution in [0.25, 0.3) is 0 Å². The Bertz CT molecular complexity index is 270. The van der Waals surface area contributed by atoms with Crippen molar-refractivity contribution in [2.24, 2.45) is 0 Å². The monoisotopic (exact) mass is 181 g/mol. The lowest BCUT2D eigenvalue weighted by Crippen LogP contribution is -2.43. The van der Waals surface area contributed by atoms with Gasteiger partial charge in [0.1, 0.15) is 11.4 Å². The van der Waals surface area contributed by atoms with Crippen molar-refractivity contribution >= 4 is 5.69 Å². The number of nitrogens with one attached hydrogen (secondary N) is 1. The maximum absolute atomic E-state index is 5.14. The molecule has 2 rings (SSSR count). The third-order valence-electron chi connectivity index (χ3n) is 2.43. The highest BCUT2D eigenvalue weighted by atomic mass is 16.5. The maximum atomic E-state index is 5.14.